The number of carbonyl (C=O) groups excluding carboxylic acids is 2. The molecule has 0 saturated heterocycles. The van der Waals surface area contributed by atoms with E-state index in [2.05, 4.69) is 30.2 Å². The number of amides is 2. The van der Waals surface area contributed by atoms with Crippen LogP contribution in [0.25, 0.3) is 10.9 Å². The maximum atomic E-state index is 12.4. The van der Waals surface area contributed by atoms with Gasteiger partial charge in [0.1, 0.15) is 0 Å². The molecule has 152 valence electrons. The van der Waals surface area contributed by atoms with Crippen molar-refractivity contribution in [2.24, 2.45) is 0 Å². The summed E-state index contributed by atoms with van der Waals surface area (Å²) in [5, 5.41) is 4.17. The average Bonchev–Trinajstić information content (AvgIpc) is 3.11. The molecule has 2 N–H and O–H groups in total. The van der Waals surface area contributed by atoms with Crippen molar-refractivity contribution in [3.8, 4) is 0 Å². The van der Waals surface area contributed by atoms with Gasteiger partial charge >= 0.3 is 0 Å². The van der Waals surface area contributed by atoms with Gasteiger partial charge in [-0.25, -0.2) is 0 Å². The summed E-state index contributed by atoms with van der Waals surface area (Å²) in [4.78, 5) is 29.5. The van der Waals surface area contributed by atoms with Gasteiger partial charge in [0.05, 0.1) is 0 Å². The highest BCUT2D eigenvalue weighted by Gasteiger charge is 2.17. The maximum Gasteiger partial charge on any atom is 0.223 e. The standard InChI is InChI=1S/C24H29N3O2/c1-17(2)20-8-5-7-11-23(20)27(18(3)28)15-13-24(29)25-14-12-19-16-26-22-10-6-4-9-21(19)22/h4-11,16-17,26H,12-15H2,1-3H3,(H,25,29). The van der Waals surface area contributed by atoms with Crippen LogP contribution in [0.2, 0.25) is 0 Å². The van der Waals surface area contributed by atoms with Crippen molar-refractivity contribution in [1.82, 2.24) is 10.3 Å². The minimum absolute atomic E-state index is 0.0434. The largest absolute Gasteiger partial charge is 0.361 e. The summed E-state index contributed by atoms with van der Waals surface area (Å²) in [5.74, 6) is 0.209. The second-order valence-electron chi connectivity index (χ2n) is 7.59. The van der Waals surface area contributed by atoms with E-state index in [9.17, 15) is 9.59 Å². The normalized spacial score (nSPS) is 11.0. The number of nitrogens with one attached hydrogen (secondary N) is 2. The highest BCUT2D eigenvalue weighted by molar-refractivity contribution is 5.93. The van der Waals surface area contributed by atoms with Crippen molar-refractivity contribution in [3.63, 3.8) is 0 Å². The zero-order chi connectivity index (χ0) is 20.8. The second kappa shape index (κ2) is 9.41. The number of nitrogens with zero attached hydrogens (tertiary/aromatic N) is 1. The van der Waals surface area contributed by atoms with Crippen molar-refractivity contribution < 1.29 is 9.59 Å². The van der Waals surface area contributed by atoms with Gasteiger partial charge in [-0.15, -0.1) is 0 Å². The average molecular weight is 392 g/mol. The number of aromatic amines is 1. The van der Waals surface area contributed by atoms with E-state index >= 15 is 0 Å². The first kappa shape index (κ1) is 20.6. The van der Waals surface area contributed by atoms with Gasteiger partial charge in [0.15, 0.2) is 0 Å². The van der Waals surface area contributed by atoms with Gasteiger partial charge in [-0.3, -0.25) is 9.59 Å². The molecule has 0 radical (unpaired) electrons. The van der Waals surface area contributed by atoms with Crippen LogP contribution in [-0.4, -0.2) is 29.9 Å². The number of H-pyrrole nitrogens is 1. The summed E-state index contributed by atoms with van der Waals surface area (Å²) in [6, 6.07) is 16.0. The highest BCUT2D eigenvalue weighted by atomic mass is 16.2. The number of aromatic nitrogens is 1. The maximum absolute atomic E-state index is 12.4. The number of hydrogen-bond donors (Lipinski definition) is 2. The van der Waals surface area contributed by atoms with E-state index in [1.807, 2.05) is 48.7 Å². The summed E-state index contributed by atoms with van der Waals surface area (Å²) in [7, 11) is 0. The van der Waals surface area contributed by atoms with E-state index in [0.29, 0.717) is 19.0 Å². The molecule has 5 nitrogen and oxygen atoms in total. The fraction of sp³-hybridized carbons (Fsp3) is 0.333. The van der Waals surface area contributed by atoms with Gasteiger partial charge in [-0.05, 0) is 35.6 Å². The van der Waals surface area contributed by atoms with Crippen LogP contribution in [0.1, 0.15) is 44.2 Å². The topological polar surface area (TPSA) is 65.2 Å². The molecular weight excluding hydrogens is 362 g/mol. The third-order valence-electron chi connectivity index (χ3n) is 5.18. The molecule has 0 bridgehead atoms. The fourth-order valence-corrected chi connectivity index (χ4v) is 3.65. The van der Waals surface area contributed by atoms with Gasteiger partial charge in [0, 0.05) is 49.2 Å². The molecule has 1 aromatic heterocycles. The van der Waals surface area contributed by atoms with Crippen LogP contribution in [0, 0.1) is 0 Å². The Balaban J connectivity index is 1.55. The van der Waals surface area contributed by atoms with E-state index in [1.165, 1.54) is 10.9 Å². The van der Waals surface area contributed by atoms with Crippen LogP contribution >= 0.6 is 0 Å². The summed E-state index contributed by atoms with van der Waals surface area (Å²) in [6.45, 7) is 6.70. The van der Waals surface area contributed by atoms with Crippen LogP contribution in [-0.2, 0) is 16.0 Å². The molecule has 0 fully saturated rings. The third kappa shape index (κ3) is 5.05. The zero-order valence-electron chi connectivity index (χ0n) is 17.4. The van der Waals surface area contributed by atoms with Gasteiger partial charge in [0.25, 0.3) is 0 Å². The molecule has 29 heavy (non-hydrogen) atoms. The lowest BCUT2D eigenvalue weighted by molar-refractivity contribution is -0.121. The van der Waals surface area contributed by atoms with Crippen molar-refractivity contribution in [1.29, 1.82) is 0 Å². The first-order valence-corrected chi connectivity index (χ1v) is 10.2. The van der Waals surface area contributed by atoms with Gasteiger partial charge in [0.2, 0.25) is 11.8 Å². The molecular formula is C24H29N3O2. The predicted molar refractivity (Wildman–Crippen MR) is 118 cm³/mol. The Kier molecular flexibility index (Phi) is 6.70. The SMILES string of the molecule is CC(=O)N(CCC(=O)NCCc1c[nH]c2ccccc12)c1ccccc1C(C)C. The Hall–Kier alpha value is -3.08. The molecule has 5 heteroatoms. The quantitative estimate of drug-likeness (QED) is 0.598. The summed E-state index contributed by atoms with van der Waals surface area (Å²) >= 11 is 0. The molecule has 0 saturated carbocycles. The Bertz CT molecular complexity index is 990. The van der Waals surface area contributed by atoms with Gasteiger partial charge in [-0.1, -0.05) is 50.2 Å². The molecule has 3 aromatic rings. The number of hydrogen-bond acceptors (Lipinski definition) is 2. The Morgan fingerprint density at radius 3 is 2.55 bits per heavy atom. The lowest BCUT2D eigenvalue weighted by atomic mass is 10.0. The van der Waals surface area contributed by atoms with E-state index in [0.717, 1.165) is 23.2 Å². The lowest BCUT2D eigenvalue weighted by Gasteiger charge is -2.25. The first-order valence-electron chi connectivity index (χ1n) is 10.2. The molecule has 0 aliphatic heterocycles. The fourth-order valence-electron chi connectivity index (χ4n) is 3.65. The first-order chi connectivity index (χ1) is 14.0. The number of para-hydroxylation sites is 2. The Morgan fingerprint density at radius 2 is 1.79 bits per heavy atom. The Morgan fingerprint density at radius 1 is 1.07 bits per heavy atom. The monoisotopic (exact) mass is 391 g/mol. The molecule has 2 amide bonds. The highest BCUT2D eigenvalue weighted by Crippen LogP contribution is 2.27. The molecule has 2 aromatic carbocycles. The van der Waals surface area contributed by atoms with E-state index < -0.39 is 0 Å². The van der Waals surface area contributed by atoms with Crippen molar-refractivity contribution >= 4 is 28.4 Å². The minimum Gasteiger partial charge on any atom is -0.361 e. The van der Waals surface area contributed by atoms with Crippen LogP contribution in [0.3, 0.4) is 0 Å². The van der Waals surface area contributed by atoms with E-state index in [-0.39, 0.29) is 18.2 Å². The predicted octanol–water partition coefficient (Wildman–Crippen LogP) is 4.39. The smallest absolute Gasteiger partial charge is 0.223 e. The molecule has 0 spiro atoms. The molecule has 0 aliphatic carbocycles. The summed E-state index contributed by atoms with van der Waals surface area (Å²) in [5.41, 5.74) is 4.30. The van der Waals surface area contributed by atoms with Gasteiger partial charge < -0.3 is 15.2 Å². The third-order valence-corrected chi connectivity index (χ3v) is 5.18. The lowest BCUT2D eigenvalue weighted by Crippen LogP contribution is -2.35. The van der Waals surface area contributed by atoms with Crippen molar-refractivity contribution in [3.05, 3.63) is 65.9 Å². The second-order valence-corrected chi connectivity index (χ2v) is 7.59. The molecule has 0 atom stereocenters. The molecule has 1 heterocycles. The summed E-state index contributed by atoms with van der Waals surface area (Å²) < 4.78 is 0. The number of carbonyl (C=O) groups is 2. The molecule has 0 aliphatic rings. The van der Waals surface area contributed by atoms with E-state index in [4.69, 9.17) is 0 Å². The minimum atomic E-state index is -0.0512. The molecule has 0 unspecified atom stereocenters. The summed E-state index contributed by atoms with van der Waals surface area (Å²) in [6.07, 6.45) is 3.04. The van der Waals surface area contributed by atoms with Crippen LogP contribution in [0.4, 0.5) is 5.69 Å². The zero-order valence-corrected chi connectivity index (χ0v) is 17.4. The van der Waals surface area contributed by atoms with Crippen LogP contribution in [0.5, 0.6) is 0 Å². The van der Waals surface area contributed by atoms with Gasteiger partial charge in [-0.2, -0.15) is 0 Å². The van der Waals surface area contributed by atoms with Crippen molar-refractivity contribution in [2.75, 3.05) is 18.0 Å². The van der Waals surface area contributed by atoms with Crippen LogP contribution < -0.4 is 10.2 Å². The van der Waals surface area contributed by atoms with Crippen LogP contribution in [0.15, 0.2) is 54.7 Å². The number of fused-ring (bicyclic) bond motifs is 1. The number of benzene rings is 2. The number of rotatable bonds is 8. The number of anilines is 1. The Labute approximate surface area is 172 Å². The van der Waals surface area contributed by atoms with E-state index in [1.54, 1.807) is 11.8 Å². The van der Waals surface area contributed by atoms with Crippen molar-refractivity contribution in [2.45, 2.75) is 39.5 Å². The molecule has 3 rings (SSSR count).